The van der Waals surface area contributed by atoms with Crippen LogP contribution < -0.4 is 4.90 Å². The molecule has 0 amide bonds. The third kappa shape index (κ3) is 3.75. The molecule has 3 rings (SSSR count). The Balaban J connectivity index is 1.53. The van der Waals surface area contributed by atoms with Crippen LogP contribution >= 0.6 is 0 Å². The molecule has 6 nitrogen and oxygen atoms in total. The Morgan fingerprint density at radius 3 is 2.48 bits per heavy atom. The van der Waals surface area contributed by atoms with Crippen molar-refractivity contribution >= 4 is 5.88 Å². The molecular formula is C15H25N4O2. The molecular weight excluding hydrogens is 268 g/mol. The van der Waals surface area contributed by atoms with E-state index in [0.29, 0.717) is 6.04 Å². The molecule has 0 aliphatic carbocycles. The maximum atomic E-state index is 5.88. The number of rotatable bonds is 4. The zero-order valence-corrected chi connectivity index (χ0v) is 13.0. The highest BCUT2D eigenvalue weighted by Gasteiger charge is 2.22. The fraction of sp³-hybridized carbons (Fsp3) is 0.800. The summed E-state index contributed by atoms with van der Waals surface area (Å²) in [6.45, 7) is 12.9. The van der Waals surface area contributed by atoms with Gasteiger partial charge in [0.15, 0.2) is 6.20 Å². The van der Waals surface area contributed by atoms with Gasteiger partial charge < -0.3 is 14.1 Å². The molecule has 21 heavy (non-hydrogen) atoms. The second-order valence-corrected chi connectivity index (χ2v) is 6.03. The zero-order chi connectivity index (χ0) is 14.7. The van der Waals surface area contributed by atoms with Gasteiger partial charge in [0.25, 0.3) is 0 Å². The molecule has 2 saturated heterocycles. The second-order valence-electron chi connectivity index (χ2n) is 6.03. The smallest absolute Gasteiger partial charge is 0.226 e. The van der Waals surface area contributed by atoms with Gasteiger partial charge in [-0.2, -0.15) is 0 Å². The van der Waals surface area contributed by atoms with Crippen LogP contribution in [0.2, 0.25) is 0 Å². The molecule has 0 aromatic carbocycles. The van der Waals surface area contributed by atoms with Crippen LogP contribution in [0.4, 0.5) is 5.88 Å². The number of hydrogen-bond acceptors (Lipinski definition) is 6. The molecule has 117 valence electrons. The molecule has 1 radical (unpaired) electrons. The molecule has 3 heterocycles. The Morgan fingerprint density at radius 1 is 1.10 bits per heavy atom. The summed E-state index contributed by atoms with van der Waals surface area (Å²) in [5.74, 6) is 1.56. The van der Waals surface area contributed by atoms with Crippen LogP contribution in [0, 0.1) is 6.20 Å². The summed E-state index contributed by atoms with van der Waals surface area (Å²) in [6.07, 6.45) is 3.04. The summed E-state index contributed by atoms with van der Waals surface area (Å²) in [5, 5.41) is 0. The van der Waals surface area contributed by atoms with Crippen LogP contribution in [-0.4, -0.2) is 73.3 Å². The first-order valence-corrected chi connectivity index (χ1v) is 7.89. The van der Waals surface area contributed by atoms with Crippen molar-refractivity contribution in [1.82, 2.24) is 14.8 Å². The number of anilines is 1. The van der Waals surface area contributed by atoms with Gasteiger partial charge in [-0.1, -0.05) is 0 Å². The van der Waals surface area contributed by atoms with Crippen LogP contribution in [0.3, 0.4) is 0 Å². The third-order valence-corrected chi connectivity index (χ3v) is 4.29. The molecule has 6 heteroatoms. The van der Waals surface area contributed by atoms with E-state index in [4.69, 9.17) is 9.15 Å². The van der Waals surface area contributed by atoms with Crippen LogP contribution in [0.1, 0.15) is 19.7 Å². The molecule has 0 unspecified atom stereocenters. The van der Waals surface area contributed by atoms with Crippen LogP contribution in [0.15, 0.2) is 4.42 Å². The van der Waals surface area contributed by atoms with Gasteiger partial charge in [0.05, 0.1) is 19.8 Å². The lowest BCUT2D eigenvalue weighted by molar-refractivity contribution is 0.0306. The van der Waals surface area contributed by atoms with E-state index in [-0.39, 0.29) is 0 Å². The van der Waals surface area contributed by atoms with Crippen molar-refractivity contribution in [1.29, 1.82) is 0 Å². The van der Waals surface area contributed by atoms with E-state index >= 15 is 0 Å². The van der Waals surface area contributed by atoms with E-state index in [2.05, 4.69) is 39.7 Å². The van der Waals surface area contributed by atoms with Gasteiger partial charge in [-0.15, -0.1) is 0 Å². The normalized spacial score (nSPS) is 22.1. The minimum atomic E-state index is 0.614. The Labute approximate surface area is 126 Å². The number of oxazole rings is 1. The lowest BCUT2D eigenvalue weighted by atomic mass is 10.2. The fourth-order valence-electron chi connectivity index (χ4n) is 2.86. The zero-order valence-electron chi connectivity index (χ0n) is 13.0. The second kappa shape index (κ2) is 6.77. The average Bonchev–Trinajstić information content (AvgIpc) is 2.97. The summed E-state index contributed by atoms with van der Waals surface area (Å²) in [7, 11) is 0. The van der Waals surface area contributed by atoms with Crippen molar-refractivity contribution in [3.63, 3.8) is 0 Å². The van der Waals surface area contributed by atoms with Crippen molar-refractivity contribution in [2.75, 3.05) is 57.4 Å². The van der Waals surface area contributed by atoms with E-state index in [1.807, 2.05) is 0 Å². The largest absolute Gasteiger partial charge is 0.423 e. The molecule has 0 bridgehead atoms. The Bertz CT molecular complexity index is 435. The van der Waals surface area contributed by atoms with Crippen molar-refractivity contribution in [3.05, 3.63) is 12.1 Å². The number of ether oxygens (including phenoxy) is 1. The van der Waals surface area contributed by atoms with Gasteiger partial charge in [0.2, 0.25) is 11.8 Å². The standard InChI is InChI=1S/C15H25N4O2/c1-13(2)18-3-5-19(6-4-18)15-11-16-14(21-15)12-17-7-9-20-10-8-17/h13H,3-10,12H2,1-2H3. The summed E-state index contributed by atoms with van der Waals surface area (Å²) in [5.41, 5.74) is 0. The highest BCUT2D eigenvalue weighted by atomic mass is 16.5. The number of aromatic nitrogens is 1. The quantitative estimate of drug-likeness (QED) is 0.820. The minimum Gasteiger partial charge on any atom is -0.423 e. The minimum absolute atomic E-state index is 0.614. The van der Waals surface area contributed by atoms with Crippen molar-refractivity contribution < 1.29 is 9.15 Å². The lowest BCUT2D eigenvalue weighted by Gasteiger charge is -2.36. The fourth-order valence-corrected chi connectivity index (χ4v) is 2.86. The molecule has 2 aliphatic rings. The average molecular weight is 293 g/mol. The molecule has 2 aliphatic heterocycles. The van der Waals surface area contributed by atoms with Gasteiger partial charge in [0.1, 0.15) is 0 Å². The van der Waals surface area contributed by atoms with Crippen LogP contribution in [0.5, 0.6) is 0 Å². The predicted molar refractivity (Wildman–Crippen MR) is 80.4 cm³/mol. The van der Waals surface area contributed by atoms with E-state index in [0.717, 1.165) is 70.8 Å². The van der Waals surface area contributed by atoms with Gasteiger partial charge in [-0.25, -0.2) is 4.98 Å². The number of morpholine rings is 1. The third-order valence-electron chi connectivity index (χ3n) is 4.29. The SMILES string of the molecule is CC(C)N1CCN(c2[c]nc(CN3CCOCC3)o2)CC1. The number of nitrogens with zero attached hydrogens (tertiary/aromatic N) is 4. The van der Waals surface area contributed by atoms with Gasteiger partial charge in [-0.3, -0.25) is 9.80 Å². The monoisotopic (exact) mass is 293 g/mol. The molecule has 1 aromatic rings. The Morgan fingerprint density at radius 2 is 1.81 bits per heavy atom. The first-order valence-electron chi connectivity index (χ1n) is 7.89. The molecule has 0 atom stereocenters. The molecule has 0 saturated carbocycles. The van der Waals surface area contributed by atoms with Crippen molar-refractivity contribution in [2.45, 2.75) is 26.4 Å². The van der Waals surface area contributed by atoms with E-state index in [9.17, 15) is 0 Å². The maximum absolute atomic E-state index is 5.88. The lowest BCUT2D eigenvalue weighted by Crippen LogP contribution is -2.48. The van der Waals surface area contributed by atoms with Crippen LogP contribution in [0.25, 0.3) is 0 Å². The summed E-state index contributed by atoms with van der Waals surface area (Å²) >= 11 is 0. The van der Waals surface area contributed by atoms with Crippen LogP contribution in [-0.2, 0) is 11.3 Å². The summed E-state index contributed by atoms with van der Waals surface area (Å²) in [4.78, 5) is 11.4. The molecule has 2 fully saturated rings. The highest BCUT2D eigenvalue weighted by molar-refractivity contribution is 5.32. The van der Waals surface area contributed by atoms with E-state index in [1.165, 1.54) is 0 Å². The first kappa shape index (κ1) is 14.8. The summed E-state index contributed by atoms with van der Waals surface area (Å²) < 4.78 is 11.2. The molecule has 0 spiro atoms. The molecule has 1 aromatic heterocycles. The van der Waals surface area contributed by atoms with Crippen molar-refractivity contribution in [2.24, 2.45) is 0 Å². The van der Waals surface area contributed by atoms with E-state index in [1.54, 1.807) is 0 Å². The number of piperazine rings is 1. The van der Waals surface area contributed by atoms with Gasteiger partial charge >= 0.3 is 0 Å². The van der Waals surface area contributed by atoms with Gasteiger partial charge in [-0.05, 0) is 13.8 Å². The van der Waals surface area contributed by atoms with Crippen molar-refractivity contribution in [3.8, 4) is 0 Å². The first-order chi connectivity index (χ1) is 10.2. The highest BCUT2D eigenvalue weighted by Crippen LogP contribution is 2.19. The topological polar surface area (TPSA) is 45.0 Å². The maximum Gasteiger partial charge on any atom is 0.226 e. The Kier molecular flexibility index (Phi) is 4.77. The predicted octanol–water partition coefficient (Wildman–Crippen LogP) is 0.837. The number of hydrogen-bond donors (Lipinski definition) is 0. The molecule has 0 N–H and O–H groups in total. The Hall–Kier alpha value is -1.11. The van der Waals surface area contributed by atoms with Gasteiger partial charge in [0, 0.05) is 45.3 Å². The van der Waals surface area contributed by atoms with E-state index < -0.39 is 0 Å². The summed E-state index contributed by atoms with van der Waals surface area (Å²) in [6, 6.07) is 0.614.